The molecule has 0 spiro atoms. The van der Waals surface area contributed by atoms with Gasteiger partial charge in [-0.2, -0.15) is 0 Å². The van der Waals surface area contributed by atoms with E-state index in [0.717, 1.165) is 18.7 Å². The van der Waals surface area contributed by atoms with Crippen molar-refractivity contribution in [1.82, 2.24) is 9.47 Å². The van der Waals surface area contributed by atoms with Crippen molar-refractivity contribution in [2.75, 3.05) is 13.1 Å². The predicted molar refractivity (Wildman–Crippen MR) is 71.6 cm³/mol. The van der Waals surface area contributed by atoms with Crippen LogP contribution in [0.5, 0.6) is 0 Å². The zero-order valence-corrected chi connectivity index (χ0v) is 10.9. The predicted octanol–water partition coefficient (Wildman–Crippen LogP) is 0.817. The maximum atomic E-state index is 11.9. The zero-order chi connectivity index (χ0) is 13.4. The van der Waals surface area contributed by atoms with Crippen molar-refractivity contribution in [2.24, 2.45) is 5.92 Å². The Balaban J connectivity index is 1.93. The second-order valence-corrected chi connectivity index (χ2v) is 5.28. The number of fused-ring (bicyclic) bond motifs is 4. The molecular weight excluding hydrogens is 240 g/mol. The van der Waals surface area contributed by atoms with Gasteiger partial charge in [0.15, 0.2) is 0 Å². The third kappa shape index (κ3) is 2.06. The molecule has 1 aromatic heterocycles. The minimum Gasteiger partial charge on any atom is -0.331 e. The molecule has 2 aliphatic rings. The maximum Gasteiger partial charge on any atom is 0.298 e. The van der Waals surface area contributed by atoms with Gasteiger partial charge in [0, 0.05) is 37.3 Å². The summed E-state index contributed by atoms with van der Waals surface area (Å²) in [5.74, 6) is 5.81. The van der Waals surface area contributed by atoms with Gasteiger partial charge in [-0.05, 0) is 31.2 Å². The number of pyridine rings is 1. The molecular formula is C15H16N2O2. The fourth-order valence-corrected chi connectivity index (χ4v) is 3.25. The smallest absolute Gasteiger partial charge is 0.298 e. The average Bonchev–Trinajstić information content (AvgIpc) is 2.40. The highest BCUT2D eigenvalue weighted by molar-refractivity contribution is 5.93. The Morgan fingerprint density at radius 3 is 2.95 bits per heavy atom. The molecule has 1 saturated heterocycles. The standard InChI is InChI=1S/C15H16N2O2/c1-2-4-14(18)16-8-11-7-12(10-16)13-5-3-6-15(19)17(13)9-11/h3,5-6,11-12H,7-10H2,1H3/t11-,12+/m1/s1. The van der Waals surface area contributed by atoms with E-state index in [0.29, 0.717) is 19.0 Å². The van der Waals surface area contributed by atoms with E-state index >= 15 is 0 Å². The molecule has 3 rings (SSSR count). The summed E-state index contributed by atoms with van der Waals surface area (Å²) in [6.45, 7) is 3.78. The van der Waals surface area contributed by atoms with Gasteiger partial charge in [-0.15, -0.1) is 0 Å². The van der Waals surface area contributed by atoms with Crippen molar-refractivity contribution >= 4 is 5.91 Å². The molecule has 2 aliphatic heterocycles. The number of hydrogen-bond donors (Lipinski definition) is 0. The van der Waals surface area contributed by atoms with Gasteiger partial charge < -0.3 is 9.47 Å². The summed E-state index contributed by atoms with van der Waals surface area (Å²) in [5, 5.41) is 0. The van der Waals surface area contributed by atoms with Crippen molar-refractivity contribution in [2.45, 2.75) is 25.8 Å². The Kier molecular flexibility index (Phi) is 2.90. The van der Waals surface area contributed by atoms with Crippen LogP contribution in [0.25, 0.3) is 0 Å². The molecule has 1 fully saturated rings. The average molecular weight is 256 g/mol. The van der Waals surface area contributed by atoms with Gasteiger partial charge in [-0.25, -0.2) is 0 Å². The third-order valence-electron chi connectivity index (χ3n) is 4.00. The number of piperidine rings is 1. The van der Waals surface area contributed by atoms with Gasteiger partial charge in [0.2, 0.25) is 0 Å². The lowest BCUT2D eigenvalue weighted by Gasteiger charge is -2.42. The van der Waals surface area contributed by atoms with E-state index in [9.17, 15) is 9.59 Å². The molecule has 0 aliphatic carbocycles. The number of carbonyl (C=O) groups excluding carboxylic acids is 1. The normalized spacial score (nSPS) is 24.2. The Morgan fingerprint density at radius 1 is 1.32 bits per heavy atom. The Bertz CT molecular complexity index is 636. The highest BCUT2D eigenvalue weighted by Gasteiger charge is 2.35. The number of hydrogen-bond acceptors (Lipinski definition) is 2. The molecule has 98 valence electrons. The fourth-order valence-electron chi connectivity index (χ4n) is 3.25. The summed E-state index contributed by atoms with van der Waals surface area (Å²) < 4.78 is 1.87. The first-order valence-electron chi connectivity index (χ1n) is 6.60. The van der Waals surface area contributed by atoms with E-state index in [-0.39, 0.29) is 17.4 Å². The number of carbonyl (C=O) groups is 1. The van der Waals surface area contributed by atoms with E-state index in [1.54, 1.807) is 19.1 Å². The van der Waals surface area contributed by atoms with Crippen LogP contribution in [0.1, 0.15) is 25.0 Å². The number of likely N-dealkylation sites (tertiary alicyclic amines) is 1. The summed E-state index contributed by atoms with van der Waals surface area (Å²) in [5.41, 5.74) is 1.13. The first-order valence-corrected chi connectivity index (χ1v) is 6.60. The second-order valence-electron chi connectivity index (χ2n) is 5.28. The summed E-state index contributed by atoms with van der Waals surface area (Å²) in [6, 6.07) is 5.42. The monoisotopic (exact) mass is 256 g/mol. The van der Waals surface area contributed by atoms with Gasteiger partial charge in [-0.1, -0.05) is 12.0 Å². The summed E-state index contributed by atoms with van der Waals surface area (Å²) in [7, 11) is 0. The van der Waals surface area contributed by atoms with E-state index < -0.39 is 0 Å². The van der Waals surface area contributed by atoms with E-state index in [1.165, 1.54) is 0 Å². The molecule has 0 N–H and O–H groups in total. The fraction of sp³-hybridized carbons (Fsp3) is 0.467. The molecule has 0 unspecified atom stereocenters. The zero-order valence-electron chi connectivity index (χ0n) is 10.9. The quantitative estimate of drug-likeness (QED) is 0.645. The van der Waals surface area contributed by atoms with Crippen molar-refractivity contribution in [3.05, 3.63) is 34.2 Å². The van der Waals surface area contributed by atoms with Crippen molar-refractivity contribution in [3.8, 4) is 11.8 Å². The van der Waals surface area contributed by atoms with Crippen LogP contribution in [0.4, 0.5) is 0 Å². The van der Waals surface area contributed by atoms with Gasteiger partial charge in [-0.3, -0.25) is 9.59 Å². The second kappa shape index (κ2) is 4.58. The van der Waals surface area contributed by atoms with Gasteiger partial charge in [0.25, 0.3) is 11.5 Å². The largest absolute Gasteiger partial charge is 0.331 e. The Hall–Kier alpha value is -2.02. The third-order valence-corrected chi connectivity index (χ3v) is 4.00. The van der Waals surface area contributed by atoms with Crippen molar-refractivity contribution < 1.29 is 4.79 Å². The summed E-state index contributed by atoms with van der Waals surface area (Å²) >= 11 is 0. The van der Waals surface area contributed by atoms with Crippen molar-refractivity contribution in [3.63, 3.8) is 0 Å². The van der Waals surface area contributed by atoms with E-state index in [2.05, 4.69) is 11.8 Å². The van der Waals surface area contributed by atoms with Crippen LogP contribution in [0.2, 0.25) is 0 Å². The van der Waals surface area contributed by atoms with Crippen LogP contribution in [0.3, 0.4) is 0 Å². The van der Waals surface area contributed by atoms with Crippen LogP contribution < -0.4 is 5.56 Å². The first kappa shape index (κ1) is 12.0. The molecule has 3 heterocycles. The van der Waals surface area contributed by atoms with Crippen LogP contribution in [-0.2, 0) is 11.3 Å². The molecule has 0 radical (unpaired) electrons. The van der Waals surface area contributed by atoms with Crippen molar-refractivity contribution in [1.29, 1.82) is 0 Å². The van der Waals surface area contributed by atoms with Gasteiger partial charge >= 0.3 is 0 Å². The molecule has 19 heavy (non-hydrogen) atoms. The number of aromatic nitrogens is 1. The molecule has 0 aromatic carbocycles. The molecule has 1 amide bonds. The van der Waals surface area contributed by atoms with E-state index in [4.69, 9.17) is 0 Å². The van der Waals surface area contributed by atoms with Crippen LogP contribution >= 0.6 is 0 Å². The molecule has 2 atom stereocenters. The van der Waals surface area contributed by atoms with Crippen LogP contribution in [0, 0.1) is 17.8 Å². The lowest BCUT2D eigenvalue weighted by atomic mass is 9.83. The van der Waals surface area contributed by atoms with Gasteiger partial charge in [0.1, 0.15) is 0 Å². The molecule has 1 aromatic rings. The highest BCUT2D eigenvalue weighted by Crippen LogP contribution is 2.34. The lowest BCUT2D eigenvalue weighted by molar-refractivity contribution is -0.127. The summed E-state index contributed by atoms with van der Waals surface area (Å²) in [4.78, 5) is 25.6. The van der Waals surface area contributed by atoms with E-state index in [1.807, 2.05) is 15.5 Å². The van der Waals surface area contributed by atoms with Crippen LogP contribution in [-0.4, -0.2) is 28.5 Å². The SMILES string of the molecule is CC#CC(=O)N1C[C@H]2C[C@@H](C1)c1cccc(=O)n1C2. The Labute approximate surface area is 112 Å². The minimum atomic E-state index is -0.0936. The van der Waals surface area contributed by atoms with Gasteiger partial charge in [0.05, 0.1) is 0 Å². The summed E-state index contributed by atoms with van der Waals surface area (Å²) in [6.07, 6.45) is 1.06. The van der Waals surface area contributed by atoms with Crippen LogP contribution in [0.15, 0.2) is 23.0 Å². The first-order chi connectivity index (χ1) is 9.19. The maximum absolute atomic E-state index is 11.9. The molecule has 4 heteroatoms. The highest BCUT2D eigenvalue weighted by atomic mass is 16.2. The molecule has 4 nitrogen and oxygen atoms in total. The molecule has 2 bridgehead atoms. The molecule has 0 saturated carbocycles. The Morgan fingerprint density at radius 2 is 2.16 bits per heavy atom. The number of amides is 1. The minimum absolute atomic E-state index is 0.0697. The number of rotatable bonds is 0. The topological polar surface area (TPSA) is 42.3 Å². The lowest BCUT2D eigenvalue weighted by Crippen LogP contribution is -2.48. The number of nitrogens with zero attached hydrogens (tertiary/aromatic N) is 2.